The molecule has 0 heterocycles. The van der Waals surface area contributed by atoms with Crippen LogP contribution in [0, 0.1) is 12.8 Å². The van der Waals surface area contributed by atoms with E-state index in [-0.39, 0.29) is 11.2 Å². The first-order chi connectivity index (χ1) is 8.98. The highest BCUT2D eigenvalue weighted by atomic mass is 28.3. The number of rotatable bonds is 2. The SMILES string of the molecule is CC(=O)c1cc2c(cc1C)C(C)(C)C(C)C2[Si](C)(C)C. The molecule has 0 N–H and O–H groups in total. The third-order valence-electron chi connectivity index (χ3n) is 5.38. The first kappa shape index (κ1) is 15.5. The van der Waals surface area contributed by atoms with E-state index in [0.29, 0.717) is 11.5 Å². The largest absolute Gasteiger partial charge is 0.295 e. The molecule has 0 amide bonds. The second-order valence-electron chi connectivity index (χ2n) is 8.16. The summed E-state index contributed by atoms with van der Waals surface area (Å²) in [7, 11) is -1.31. The van der Waals surface area contributed by atoms with Crippen LogP contribution in [0.5, 0.6) is 0 Å². The lowest BCUT2D eigenvalue weighted by Gasteiger charge is -2.34. The van der Waals surface area contributed by atoms with Gasteiger partial charge in [-0.15, -0.1) is 0 Å². The van der Waals surface area contributed by atoms with Gasteiger partial charge in [-0.05, 0) is 53.5 Å². The fraction of sp³-hybridized carbons (Fsp3) is 0.611. The molecular formula is C18H28OSi. The molecule has 0 bridgehead atoms. The van der Waals surface area contributed by atoms with Gasteiger partial charge in [0.2, 0.25) is 0 Å². The van der Waals surface area contributed by atoms with Gasteiger partial charge in [0.15, 0.2) is 5.78 Å². The highest BCUT2D eigenvalue weighted by Crippen LogP contribution is 2.54. The molecule has 0 radical (unpaired) electrons. The van der Waals surface area contributed by atoms with Crippen molar-refractivity contribution in [1.29, 1.82) is 0 Å². The Hall–Kier alpha value is -0.893. The lowest BCUT2D eigenvalue weighted by molar-refractivity contribution is 0.101. The molecule has 20 heavy (non-hydrogen) atoms. The Morgan fingerprint density at radius 3 is 2.20 bits per heavy atom. The number of carbonyl (C=O) groups is 1. The normalized spacial score (nSPS) is 24.6. The predicted octanol–water partition coefficient (Wildman–Crippen LogP) is 5.09. The van der Waals surface area contributed by atoms with Crippen LogP contribution in [0.4, 0.5) is 0 Å². The van der Waals surface area contributed by atoms with Gasteiger partial charge < -0.3 is 0 Å². The minimum atomic E-state index is -1.31. The molecule has 1 nitrogen and oxygen atoms in total. The lowest BCUT2D eigenvalue weighted by atomic mass is 9.79. The van der Waals surface area contributed by atoms with Crippen molar-refractivity contribution in [2.75, 3.05) is 0 Å². The molecule has 0 aromatic heterocycles. The van der Waals surface area contributed by atoms with Crippen molar-refractivity contribution >= 4 is 13.9 Å². The predicted molar refractivity (Wildman–Crippen MR) is 89.5 cm³/mol. The van der Waals surface area contributed by atoms with Crippen LogP contribution in [0.1, 0.15) is 60.3 Å². The maximum Gasteiger partial charge on any atom is 0.160 e. The number of hydrogen-bond donors (Lipinski definition) is 0. The summed E-state index contributed by atoms with van der Waals surface area (Å²) >= 11 is 0. The molecule has 2 unspecified atom stereocenters. The summed E-state index contributed by atoms with van der Waals surface area (Å²) in [5.74, 6) is 0.836. The number of ketones is 1. The van der Waals surface area contributed by atoms with E-state index >= 15 is 0 Å². The molecule has 2 atom stereocenters. The van der Waals surface area contributed by atoms with E-state index in [2.05, 4.69) is 59.5 Å². The maximum atomic E-state index is 11.9. The van der Waals surface area contributed by atoms with Gasteiger partial charge in [0.05, 0.1) is 8.07 Å². The lowest BCUT2D eigenvalue weighted by Crippen LogP contribution is -2.36. The molecule has 1 aromatic carbocycles. The minimum absolute atomic E-state index is 0.192. The van der Waals surface area contributed by atoms with Crippen molar-refractivity contribution in [1.82, 2.24) is 0 Å². The van der Waals surface area contributed by atoms with Crippen LogP contribution in [0.3, 0.4) is 0 Å². The second-order valence-corrected chi connectivity index (χ2v) is 13.5. The summed E-state index contributed by atoms with van der Waals surface area (Å²) < 4.78 is 0. The summed E-state index contributed by atoms with van der Waals surface area (Å²) in [5.41, 5.74) is 5.83. The Bertz CT molecular complexity index is 564. The van der Waals surface area contributed by atoms with Crippen molar-refractivity contribution in [3.63, 3.8) is 0 Å². The van der Waals surface area contributed by atoms with E-state index in [1.54, 1.807) is 6.92 Å². The van der Waals surface area contributed by atoms with E-state index in [9.17, 15) is 4.79 Å². The van der Waals surface area contributed by atoms with Crippen LogP contribution in [0.15, 0.2) is 12.1 Å². The number of carbonyl (C=O) groups excluding carboxylic acids is 1. The number of hydrogen-bond acceptors (Lipinski definition) is 1. The smallest absolute Gasteiger partial charge is 0.160 e. The molecule has 0 saturated heterocycles. The molecule has 0 aliphatic heterocycles. The summed E-state index contributed by atoms with van der Waals surface area (Å²) in [6.45, 7) is 18.2. The van der Waals surface area contributed by atoms with Gasteiger partial charge in [-0.3, -0.25) is 4.79 Å². The van der Waals surface area contributed by atoms with E-state index in [4.69, 9.17) is 0 Å². The Morgan fingerprint density at radius 1 is 1.20 bits per heavy atom. The molecule has 2 heteroatoms. The third kappa shape index (κ3) is 2.18. The van der Waals surface area contributed by atoms with Crippen molar-refractivity contribution in [2.24, 2.45) is 5.92 Å². The molecule has 0 saturated carbocycles. The number of aryl methyl sites for hydroxylation is 1. The average Bonchev–Trinajstić information content (AvgIpc) is 2.46. The minimum Gasteiger partial charge on any atom is -0.295 e. The molecule has 0 spiro atoms. The second kappa shape index (κ2) is 4.56. The van der Waals surface area contributed by atoms with Gasteiger partial charge in [-0.25, -0.2) is 0 Å². The highest BCUT2D eigenvalue weighted by molar-refractivity contribution is 6.77. The molecule has 1 aliphatic carbocycles. The molecule has 110 valence electrons. The van der Waals surface area contributed by atoms with Gasteiger partial charge in [0.25, 0.3) is 0 Å². The summed E-state index contributed by atoms with van der Waals surface area (Å²) in [4.78, 5) is 11.9. The highest BCUT2D eigenvalue weighted by Gasteiger charge is 2.48. The Labute approximate surface area is 124 Å². The topological polar surface area (TPSA) is 17.1 Å². The summed E-state index contributed by atoms with van der Waals surface area (Å²) in [6.07, 6.45) is 0. The van der Waals surface area contributed by atoms with E-state index in [1.807, 2.05) is 0 Å². The molecule has 1 aliphatic rings. The maximum absolute atomic E-state index is 11.9. The zero-order valence-electron chi connectivity index (χ0n) is 14.2. The quantitative estimate of drug-likeness (QED) is 0.547. The first-order valence-electron chi connectivity index (χ1n) is 7.64. The number of benzene rings is 1. The van der Waals surface area contributed by atoms with Crippen LogP contribution in [0.25, 0.3) is 0 Å². The fourth-order valence-electron chi connectivity index (χ4n) is 4.07. The van der Waals surface area contributed by atoms with Gasteiger partial charge in [-0.1, -0.05) is 46.5 Å². The fourth-order valence-corrected chi connectivity index (χ4v) is 7.16. The van der Waals surface area contributed by atoms with Gasteiger partial charge >= 0.3 is 0 Å². The van der Waals surface area contributed by atoms with Crippen molar-refractivity contribution in [3.05, 3.63) is 34.4 Å². The third-order valence-corrected chi connectivity index (χ3v) is 8.05. The summed E-state index contributed by atoms with van der Waals surface area (Å²) in [6, 6.07) is 4.49. The van der Waals surface area contributed by atoms with Crippen molar-refractivity contribution < 1.29 is 4.79 Å². The monoisotopic (exact) mass is 288 g/mol. The number of Topliss-reactive ketones (excluding diaryl/α,β-unsaturated/α-hetero) is 1. The van der Waals surface area contributed by atoms with Crippen LogP contribution in [0.2, 0.25) is 19.6 Å². The van der Waals surface area contributed by atoms with Gasteiger partial charge in [0.1, 0.15) is 0 Å². The van der Waals surface area contributed by atoms with Crippen LogP contribution in [-0.2, 0) is 5.41 Å². The Morgan fingerprint density at radius 2 is 1.75 bits per heavy atom. The van der Waals surface area contributed by atoms with E-state index < -0.39 is 8.07 Å². The van der Waals surface area contributed by atoms with Crippen LogP contribution < -0.4 is 0 Å². The number of fused-ring (bicyclic) bond motifs is 1. The standard InChI is InChI=1S/C18H28OSi/c1-11-9-16-15(10-14(11)13(3)19)17(20(6,7)8)12(2)18(16,4)5/h9-10,12,17H,1-8H3. The zero-order chi connectivity index (χ0) is 15.5. The van der Waals surface area contributed by atoms with E-state index in [1.165, 1.54) is 11.1 Å². The average molecular weight is 289 g/mol. The first-order valence-corrected chi connectivity index (χ1v) is 11.2. The van der Waals surface area contributed by atoms with Crippen molar-refractivity contribution in [3.8, 4) is 0 Å². The van der Waals surface area contributed by atoms with Gasteiger partial charge in [0, 0.05) is 5.56 Å². The Kier molecular flexibility index (Phi) is 3.53. The molecule has 2 rings (SSSR count). The Balaban J connectivity index is 2.74. The van der Waals surface area contributed by atoms with E-state index in [0.717, 1.165) is 11.1 Å². The summed E-state index contributed by atoms with van der Waals surface area (Å²) in [5, 5.41) is 0. The zero-order valence-corrected chi connectivity index (χ0v) is 15.2. The molecule has 0 fully saturated rings. The van der Waals surface area contributed by atoms with Crippen molar-refractivity contribution in [2.45, 2.75) is 65.2 Å². The van der Waals surface area contributed by atoms with Crippen LogP contribution in [-0.4, -0.2) is 13.9 Å². The van der Waals surface area contributed by atoms with Crippen LogP contribution >= 0.6 is 0 Å². The molecule has 1 aromatic rings. The molecular weight excluding hydrogens is 260 g/mol. The van der Waals surface area contributed by atoms with Gasteiger partial charge in [-0.2, -0.15) is 0 Å².